The number of pyridine rings is 1. The summed E-state index contributed by atoms with van der Waals surface area (Å²) in [6, 6.07) is 3.18. The molecule has 0 bridgehead atoms. The fraction of sp³-hybridized carbons (Fsp3) is 0.385. The third-order valence-corrected chi connectivity index (χ3v) is 5.50. The van der Waals surface area contributed by atoms with E-state index in [4.69, 9.17) is 0 Å². The molecule has 2 aromatic heterocycles. The summed E-state index contributed by atoms with van der Waals surface area (Å²) in [7, 11) is -3.65. The highest BCUT2D eigenvalue weighted by Crippen LogP contribution is 2.24. The van der Waals surface area contributed by atoms with Crippen molar-refractivity contribution >= 4 is 27.2 Å². The Morgan fingerprint density at radius 1 is 1.29 bits per heavy atom. The van der Waals surface area contributed by atoms with E-state index >= 15 is 0 Å². The summed E-state index contributed by atoms with van der Waals surface area (Å²) in [6.45, 7) is 6.24. The lowest BCUT2D eigenvalue weighted by atomic mass is 10.1. The van der Waals surface area contributed by atoms with Gasteiger partial charge in [-0.2, -0.15) is 4.72 Å². The Balaban J connectivity index is 2.22. The maximum atomic E-state index is 12.4. The lowest BCUT2D eigenvalue weighted by molar-refractivity contribution is 0.469. The predicted molar refractivity (Wildman–Crippen MR) is 83.9 cm³/mol. The van der Waals surface area contributed by atoms with Crippen LogP contribution in [0.4, 0.5) is 5.82 Å². The molecule has 2 heterocycles. The summed E-state index contributed by atoms with van der Waals surface area (Å²) in [4.78, 5) is 8.39. The highest BCUT2D eigenvalue weighted by atomic mass is 32.2. The molecule has 2 rings (SSSR count). The minimum atomic E-state index is -3.65. The van der Waals surface area contributed by atoms with Crippen molar-refractivity contribution < 1.29 is 8.42 Å². The van der Waals surface area contributed by atoms with Gasteiger partial charge >= 0.3 is 0 Å². The van der Waals surface area contributed by atoms with E-state index in [0.29, 0.717) is 10.8 Å². The molecule has 6 nitrogen and oxygen atoms in total. The molecule has 8 heteroatoms. The van der Waals surface area contributed by atoms with Crippen LogP contribution < -0.4 is 10.0 Å². The predicted octanol–water partition coefficient (Wildman–Crippen LogP) is 2.18. The van der Waals surface area contributed by atoms with Crippen LogP contribution in [0.15, 0.2) is 34.8 Å². The van der Waals surface area contributed by atoms with Crippen molar-refractivity contribution in [3.8, 4) is 0 Å². The molecule has 0 aromatic carbocycles. The van der Waals surface area contributed by atoms with Gasteiger partial charge in [-0.25, -0.2) is 18.4 Å². The molecular formula is C13H18N4O2S2. The van der Waals surface area contributed by atoms with Crippen molar-refractivity contribution in [2.45, 2.75) is 31.2 Å². The maximum absolute atomic E-state index is 12.4. The van der Waals surface area contributed by atoms with E-state index in [-0.39, 0.29) is 4.90 Å². The second-order valence-corrected chi connectivity index (χ2v) is 7.55. The van der Waals surface area contributed by atoms with E-state index in [2.05, 4.69) is 20.0 Å². The van der Waals surface area contributed by atoms with Gasteiger partial charge in [0.2, 0.25) is 10.0 Å². The number of nitrogens with one attached hydrogen (secondary N) is 2. The van der Waals surface area contributed by atoms with Crippen molar-refractivity contribution in [2.75, 3.05) is 11.9 Å². The number of hydrogen-bond donors (Lipinski definition) is 2. The summed E-state index contributed by atoms with van der Waals surface area (Å²) in [6.07, 6.45) is 3.00. The van der Waals surface area contributed by atoms with Gasteiger partial charge in [-0.1, -0.05) is 0 Å². The van der Waals surface area contributed by atoms with E-state index in [1.54, 1.807) is 26.1 Å². The number of hydrogen-bond acceptors (Lipinski definition) is 6. The number of rotatable bonds is 6. The SMILES string of the molecule is CCNc1ccc(S(=O)(=O)NC(C)(C)c2nccs2)cn1. The number of aromatic nitrogens is 2. The summed E-state index contributed by atoms with van der Waals surface area (Å²) < 4.78 is 27.5. The molecule has 0 saturated heterocycles. The first-order valence-corrected chi connectivity index (χ1v) is 8.85. The van der Waals surface area contributed by atoms with Crippen LogP contribution in [0.25, 0.3) is 0 Å². The zero-order valence-electron chi connectivity index (χ0n) is 12.1. The Morgan fingerprint density at radius 2 is 2.05 bits per heavy atom. The smallest absolute Gasteiger partial charge is 0.242 e. The molecule has 21 heavy (non-hydrogen) atoms. The van der Waals surface area contributed by atoms with E-state index < -0.39 is 15.6 Å². The highest BCUT2D eigenvalue weighted by Gasteiger charge is 2.30. The van der Waals surface area contributed by atoms with Crippen LogP contribution in [0.1, 0.15) is 25.8 Å². The molecule has 0 spiro atoms. The molecule has 0 aliphatic rings. The molecule has 0 saturated carbocycles. The van der Waals surface area contributed by atoms with Crippen molar-refractivity contribution in [1.82, 2.24) is 14.7 Å². The fourth-order valence-corrected chi connectivity index (χ4v) is 3.90. The van der Waals surface area contributed by atoms with Gasteiger partial charge < -0.3 is 5.32 Å². The Morgan fingerprint density at radius 3 is 2.57 bits per heavy atom. The Hall–Kier alpha value is -1.51. The zero-order valence-corrected chi connectivity index (χ0v) is 13.8. The molecule has 0 radical (unpaired) electrons. The molecule has 0 unspecified atom stereocenters. The van der Waals surface area contributed by atoms with E-state index in [0.717, 1.165) is 6.54 Å². The van der Waals surface area contributed by atoms with Crippen LogP contribution >= 0.6 is 11.3 Å². The largest absolute Gasteiger partial charge is 0.370 e. The van der Waals surface area contributed by atoms with Gasteiger partial charge in [0.1, 0.15) is 15.7 Å². The van der Waals surface area contributed by atoms with Crippen LogP contribution in [-0.4, -0.2) is 24.9 Å². The number of anilines is 1. The summed E-state index contributed by atoms with van der Waals surface area (Å²) in [5.74, 6) is 0.649. The van der Waals surface area contributed by atoms with Crippen LogP contribution in [0.3, 0.4) is 0 Å². The van der Waals surface area contributed by atoms with Gasteiger partial charge in [0.25, 0.3) is 0 Å². The normalized spacial score (nSPS) is 12.3. The number of nitrogens with zero attached hydrogens (tertiary/aromatic N) is 2. The molecule has 0 aliphatic carbocycles. The van der Waals surface area contributed by atoms with Gasteiger partial charge in [0, 0.05) is 24.3 Å². The average molecular weight is 326 g/mol. The van der Waals surface area contributed by atoms with Gasteiger partial charge in [0.05, 0.1) is 5.54 Å². The molecule has 0 aliphatic heterocycles. The number of thiazole rings is 1. The van der Waals surface area contributed by atoms with Crippen molar-refractivity contribution in [1.29, 1.82) is 0 Å². The lowest BCUT2D eigenvalue weighted by Crippen LogP contribution is -2.40. The average Bonchev–Trinajstić information content (AvgIpc) is 2.93. The minimum absolute atomic E-state index is 0.133. The standard InChI is InChI=1S/C13H18N4O2S2/c1-4-14-11-6-5-10(9-16-11)21(18,19)17-13(2,3)12-15-7-8-20-12/h5-9,17H,4H2,1-3H3,(H,14,16). The summed E-state index contributed by atoms with van der Waals surface area (Å²) in [5, 5.41) is 5.55. The zero-order chi connectivity index (χ0) is 15.5. The second-order valence-electron chi connectivity index (χ2n) is 4.98. The molecular weight excluding hydrogens is 308 g/mol. The van der Waals surface area contributed by atoms with E-state index in [1.165, 1.54) is 23.6 Å². The van der Waals surface area contributed by atoms with Gasteiger partial charge in [0.15, 0.2) is 0 Å². The number of sulfonamides is 1. The van der Waals surface area contributed by atoms with Crippen LogP contribution in [0, 0.1) is 0 Å². The molecule has 0 fully saturated rings. The Labute approximate surface area is 128 Å². The molecule has 2 N–H and O–H groups in total. The Kier molecular flexibility index (Phi) is 4.60. The quantitative estimate of drug-likeness (QED) is 0.850. The van der Waals surface area contributed by atoms with Gasteiger partial charge in [-0.15, -0.1) is 11.3 Å². The molecule has 114 valence electrons. The van der Waals surface area contributed by atoms with E-state index in [1.807, 2.05) is 12.3 Å². The third kappa shape index (κ3) is 3.78. The van der Waals surface area contributed by atoms with Crippen molar-refractivity contribution in [3.05, 3.63) is 34.9 Å². The topological polar surface area (TPSA) is 84.0 Å². The highest BCUT2D eigenvalue weighted by molar-refractivity contribution is 7.89. The first-order chi connectivity index (χ1) is 9.85. The minimum Gasteiger partial charge on any atom is -0.370 e. The van der Waals surface area contributed by atoms with Gasteiger partial charge in [-0.3, -0.25) is 0 Å². The van der Waals surface area contributed by atoms with Crippen molar-refractivity contribution in [3.63, 3.8) is 0 Å². The molecule has 2 aromatic rings. The molecule has 0 atom stereocenters. The van der Waals surface area contributed by atoms with Crippen LogP contribution in [0.5, 0.6) is 0 Å². The Bertz CT molecular complexity index is 679. The second kappa shape index (κ2) is 6.08. The maximum Gasteiger partial charge on any atom is 0.242 e. The first kappa shape index (κ1) is 15.9. The summed E-state index contributed by atoms with van der Waals surface area (Å²) in [5.41, 5.74) is -0.770. The molecule has 0 amide bonds. The lowest BCUT2D eigenvalue weighted by Gasteiger charge is -2.23. The van der Waals surface area contributed by atoms with E-state index in [9.17, 15) is 8.42 Å². The first-order valence-electron chi connectivity index (χ1n) is 6.49. The summed E-state index contributed by atoms with van der Waals surface area (Å²) >= 11 is 1.41. The van der Waals surface area contributed by atoms with Gasteiger partial charge in [-0.05, 0) is 32.9 Å². The van der Waals surface area contributed by atoms with Crippen LogP contribution in [-0.2, 0) is 15.6 Å². The third-order valence-electron chi connectivity index (χ3n) is 2.76. The van der Waals surface area contributed by atoms with Crippen LogP contribution in [0.2, 0.25) is 0 Å². The monoisotopic (exact) mass is 326 g/mol. The van der Waals surface area contributed by atoms with Crippen molar-refractivity contribution in [2.24, 2.45) is 0 Å². The fourth-order valence-electron chi connectivity index (χ4n) is 1.80.